The van der Waals surface area contributed by atoms with E-state index < -0.39 is 0 Å². The predicted molar refractivity (Wildman–Crippen MR) is 84.0 cm³/mol. The van der Waals surface area contributed by atoms with Gasteiger partial charge in [-0.3, -0.25) is 0 Å². The Balaban J connectivity index is 2.36. The summed E-state index contributed by atoms with van der Waals surface area (Å²) < 4.78 is 0. The lowest BCUT2D eigenvalue weighted by atomic mass is 10.1. The molecule has 0 aliphatic carbocycles. The Morgan fingerprint density at radius 2 is 1.55 bits per heavy atom. The van der Waals surface area contributed by atoms with E-state index in [1.807, 2.05) is 33.2 Å². The molecule has 3 N–H and O–H groups in total. The fourth-order valence-electron chi connectivity index (χ4n) is 2.53. The Bertz CT molecular complexity index is 822. The zero-order valence-electron chi connectivity index (χ0n) is 12.3. The van der Waals surface area contributed by atoms with Crippen molar-refractivity contribution in [1.82, 2.24) is 4.98 Å². The van der Waals surface area contributed by atoms with Crippen molar-refractivity contribution < 1.29 is 4.98 Å². The molecule has 1 aromatic heterocycles. The van der Waals surface area contributed by atoms with Crippen LogP contribution in [0.1, 0.15) is 11.1 Å². The molecular formula is C16H19N4+. The van der Waals surface area contributed by atoms with Crippen molar-refractivity contribution in [2.24, 2.45) is 0 Å². The van der Waals surface area contributed by atoms with Crippen molar-refractivity contribution in [3.63, 3.8) is 0 Å². The Morgan fingerprint density at radius 3 is 2.20 bits per heavy atom. The van der Waals surface area contributed by atoms with Crippen molar-refractivity contribution in [3.05, 3.63) is 35.4 Å². The topological polar surface area (TPSA) is 56.3 Å². The first kappa shape index (κ1) is 12.7. The van der Waals surface area contributed by atoms with E-state index in [2.05, 4.69) is 28.9 Å². The largest absolute Gasteiger partial charge is 0.398 e. The Labute approximate surface area is 118 Å². The van der Waals surface area contributed by atoms with Gasteiger partial charge >= 0.3 is 0 Å². The highest BCUT2D eigenvalue weighted by molar-refractivity contribution is 5.86. The van der Waals surface area contributed by atoms with Crippen LogP contribution in [0, 0.1) is 13.8 Å². The van der Waals surface area contributed by atoms with Crippen LogP contribution in [0.4, 0.5) is 11.4 Å². The van der Waals surface area contributed by atoms with E-state index in [-0.39, 0.29) is 0 Å². The number of nitrogens with two attached hydrogens (primary N) is 1. The van der Waals surface area contributed by atoms with E-state index in [1.54, 1.807) is 0 Å². The van der Waals surface area contributed by atoms with Crippen LogP contribution in [0.25, 0.3) is 22.1 Å². The molecule has 102 valence electrons. The van der Waals surface area contributed by atoms with Crippen LogP contribution in [0.15, 0.2) is 24.3 Å². The van der Waals surface area contributed by atoms with Gasteiger partial charge in [-0.15, -0.1) is 0 Å². The summed E-state index contributed by atoms with van der Waals surface area (Å²) in [6.45, 7) is 4.11. The molecule has 3 aromatic rings. The molecule has 0 aliphatic rings. The molecule has 0 saturated heterocycles. The highest BCUT2D eigenvalue weighted by Crippen LogP contribution is 2.24. The Kier molecular flexibility index (Phi) is 2.74. The first-order valence-electron chi connectivity index (χ1n) is 6.66. The molecule has 0 radical (unpaired) electrons. The van der Waals surface area contributed by atoms with Gasteiger partial charge < -0.3 is 10.6 Å². The van der Waals surface area contributed by atoms with Gasteiger partial charge in [0.05, 0.1) is 0 Å². The monoisotopic (exact) mass is 267 g/mol. The third-order valence-electron chi connectivity index (χ3n) is 3.69. The number of H-pyrrole nitrogens is 1. The minimum atomic E-state index is 0.787. The van der Waals surface area contributed by atoms with E-state index in [0.717, 1.165) is 33.3 Å². The maximum atomic E-state index is 5.98. The molecule has 0 unspecified atom stereocenters. The van der Waals surface area contributed by atoms with E-state index in [9.17, 15) is 0 Å². The van der Waals surface area contributed by atoms with Gasteiger partial charge in [0.1, 0.15) is 11.0 Å². The van der Waals surface area contributed by atoms with Crippen molar-refractivity contribution >= 4 is 33.4 Å². The summed E-state index contributed by atoms with van der Waals surface area (Å²) in [5.41, 5.74) is 14.1. The molecule has 0 aliphatic heterocycles. The van der Waals surface area contributed by atoms with Crippen LogP contribution >= 0.6 is 0 Å². The molecule has 2 aromatic carbocycles. The van der Waals surface area contributed by atoms with Crippen molar-refractivity contribution in [2.45, 2.75) is 13.8 Å². The maximum Gasteiger partial charge on any atom is 0.232 e. The fourth-order valence-corrected chi connectivity index (χ4v) is 2.53. The minimum Gasteiger partial charge on any atom is -0.398 e. The molecule has 0 fully saturated rings. The van der Waals surface area contributed by atoms with Gasteiger partial charge in [0.25, 0.3) is 0 Å². The van der Waals surface area contributed by atoms with E-state index >= 15 is 0 Å². The van der Waals surface area contributed by atoms with E-state index in [0.29, 0.717) is 0 Å². The molecule has 0 atom stereocenters. The van der Waals surface area contributed by atoms with Crippen LogP contribution in [0.3, 0.4) is 0 Å². The molecule has 3 rings (SSSR count). The number of benzene rings is 2. The number of rotatable bonds is 1. The average molecular weight is 267 g/mol. The number of nitrogens with zero attached hydrogens (tertiary/aromatic N) is 2. The van der Waals surface area contributed by atoms with Gasteiger partial charge in [0.15, 0.2) is 0 Å². The molecule has 0 amide bonds. The highest BCUT2D eigenvalue weighted by atomic mass is 15.1. The molecule has 0 saturated carbocycles. The lowest BCUT2D eigenvalue weighted by Gasteiger charge is -2.14. The van der Waals surface area contributed by atoms with Crippen LogP contribution < -0.4 is 15.6 Å². The summed E-state index contributed by atoms with van der Waals surface area (Å²) in [5.74, 6) is 0. The summed E-state index contributed by atoms with van der Waals surface area (Å²) in [7, 11) is 4.09. The van der Waals surface area contributed by atoms with Crippen LogP contribution in [-0.4, -0.2) is 19.1 Å². The quantitative estimate of drug-likeness (QED) is 0.544. The lowest BCUT2D eigenvalue weighted by Crippen LogP contribution is -2.13. The van der Waals surface area contributed by atoms with E-state index in [1.165, 1.54) is 11.3 Å². The number of nitrogens with one attached hydrogen (secondary N) is 1. The smallest absolute Gasteiger partial charge is 0.232 e. The highest BCUT2D eigenvalue weighted by Gasteiger charge is 2.13. The SMILES string of the molecule is Cc1cc2nc3cc(C)c(N(C)C)cc3[nH+]c2cc1N. The number of aromatic nitrogens is 2. The van der Waals surface area contributed by atoms with Crippen molar-refractivity contribution in [3.8, 4) is 0 Å². The van der Waals surface area contributed by atoms with Gasteiger partial charge in [0, 0.05) is 37.6 Å². The number of nitrogen functional groups attached to an aromatic ring is 1. The lowest BCUT2D eigenvalue weighted by molar-refractivity contribution is -0.310. The zero-order chi connectivity index (χ0) is 14.4. The molecule has 0 bridgehead atoms. The van der Waals surface area contributed by atoms with Crippen LogP contribution in [0.2, 0.25) is 0 Å². The van der Waals surface area contributed by atoms with Crippen molar-refractivity contribution in [2.75, 3.05) is 24.7 Å². The minimum absolute atomic E-state index is 0.787. The van der Waals surface area contributed by atoms with Crippen LogP contribution in [0.5, 0.6) is 0 Å². The zero-order valence-corrected chi connectivity index (χ0v) is 12.3. The summed E-state index contributed by atoms with van der Waals surface area (Å²) in [5, 5.41) is 0. The van der Waals surface area contributed by atoms with Gasteiger partial charge in [-0.2, -0.15) is 0 Å². The fraction of sp³-hybridized carbons (Fsp3) is 0.250. The molecule has 4 heteroatoms. The number of aromatic amines is 1. The molecule has 0 spiro atoms. The number of hydrogen-bond donors (Lipinski definition) is 1. The molecule has 20 heavy (non-hydrogen) atoms. The first-order chi connectivity index (χ1) is 9.45. The molecule has 1 heterocycles. The number of hydrogen-bond acceptors (Lipinski definition) is 3. The standard InChI is InChI=1S/C16H18N4/c1-9-5-12-14(7-11(9)17)19-15-8-16(20(3)4)10(2)6-13(15)18-12/h5-8H,17H2,1-4H3/p+1. The average Bonchev–Trinajstić information content (AvgIpc) is 2.37. The molecular weight excluding hydrogens is 248 g/mol. The summed E-state index contributed by atoms with van der Waals surface area (Å²) >= 11 is 0. The van der Waals surface area contributed by atoms with Gasteiger partial charge in [-0.25, -0.2) is 9.97 Å². The van der Waals surface area contributed by atoms with Crippen molar-refractivity contribution in [1.29, 1.82) is 0 Å². The van der Waals surface area contributed by atoms with Gasteiger partial charge in [0.2, 0.25) is 11.0 Å². The maximum absolute atomic E-state index is 5.98. The second kappa shape index (κ2) is 4.34. The third kappa shape index (κ3) is 1.93. The Hall–Kier alpha value is -2.36. The summed E-state index contributed by atoms with van der Waals surface area (Å²) in [4.78, 5) is 10.3. The third-order valence-corrected chi connectivity index (χ3v) is 3.69. The van der Waals surface area contributed by atoms with Gasteiger partial charge in [-0.1, -0.05) is 0 Å². The predicted octanol–water partition coefficient (Wildman–Crippen LogP) is 2.47. The summed E-state index contributed by atoms with van der Waals surface area (Å²) in [6.07, 6.45) is 0. The number of anilines is 2. The summed E-state index contributed by atoms with van der Waals surface area (Å²) in [6, 6.07) is 8.22. The Morgan fingerprint density at radius 1 is 0.950 bits per heavy atom. The number of aryl methyl sites for hydroxylation is 2. The second-order valence-electron chi connectivity index (χ2n) is 5.51. The normalized spacial score (nSPS) is 11.2. The van der Waals surface area contributed by atoms with Crippen LogP contribution in [-0.2, 0) is 0 Å². The number of fused-ring (bicyclic) bond motifs is 2. The second-order valence-corrected chi connectivity index (χ2v) is 5.51. The molecule has 4 nitrogen and oxygen atoms in total. The van der Waals surface area contributed by atoms with E-state index in [4.69, 9.17) is 10.7 Å². The van der Waals surface area contributed by atoms with Gasteiger partial charge in [-0.05, 0) is 37.1 Å². The first-order valence-corrected chi connectivity index (χ1v) is 6.66.